The number of fused-ring (bicyclic) bond motifs is 1. The van der Waals surface area contributed by atoms with E-state index in [1.54, 1.807) is 39.8 Å². The van der Waals surface area contributed by atoms with E-state index >= 15 is 0 Å². The highest BCUT2D eigenvalue weighted by Gasteiger charge is 2.54. The van der Waals surface area contributed by atoms with Crippen LogP contribution in [0, 0.1) is 6.92 Å². The number of carbonyl (C=O) groups is 2. The molecule has 2 amide bonds. The fourth-order valence-electron chi connectivity index (χ4n) is 3.13. The molecular weight excluding hydrogens is 374 g/mol. The molecule has 2 aromatic rings. The number of hydrogen-bond acceptors (Lipinski definition) is 6. The van der Waals surface area contributed by atoms with Crippen LogP contribution >= 0.6 is 34.9 Å². The van der Waals surface area contributed by atoms with Gasteiger partial charge in [-0.2, -0.15) is 0 Å². The Bertz CT molecular complexity index is 821. The van der Waals surface area contributed by atoms with Crippen molar-refractivity contribution in [2.75, 3.05) is 17.6 Å². The first kappa shape index (κ1) is 16.9. The van der Waals surface area contributed by atoms with Crippen molar-refractivity contribution in [2.45, 2.75) is 33.9 Å². The number of nitrogens with one attached hydrogen (secondary N) is 1. The van der Waals surface area contributed by atoms with E-state index in [9.17, 15) is 9.59 Å². The molecule has 2 aliphatic heterocycles. The van der Waals surface area contributed by atoms with E-state index in [0.717, 1.165) is 26.4 Å². The van der Waals surface area contributed by atoms with Crippen molar-refractivity contribution in [3.63, 3.8) is 0 Å². The van der Waals surface area contributed by atoms with Gasteiger partial charge in [0.25, 0.3) is 5.91 Å². The van der Waals surface area contributed by atoms with Crippen LogP contribution in [0.2, 0.25) is 0 Å². The van der Waals surface area contributed by atoms with Crippen molar-refractivity contribution in [1.29, 1.82) is 0 Å². The average molecular weight is 392 g/mol. The van der Waals surface area contributed by atoms with Gasteiger partial charge in [-0.15, -0.1) is 23.1 Å². The van der Waals surface area contributed by atoms with Crippen molar-refractivity contribution in [1.82, 2.24) is 9.88 Å². The molecule has 0 radical (unpaired) electrons. The second-order valence-corrected chi connectivity index (χ2v) is 9.56. The molecule has 1 aromatic heterocycles. The first-order valence-electron chi connectivity index (χ1n) is 8.03. The Morgan fingerprint density at radius 3 is 2.88 bits per heavy atom. The fourth-order valence-corrected chi connectivity index (χ4v) is 6.32. The maximum atomic E-state index is 12.8. The van der Waals surface area contributed by atoms with Gasteiger partial charge in [0.15, 0.2) is 9.21 Å². The number of thiazole rings is 1. The topological polar surface area (TPSA) is 62.3 Å². The van der Waals surface area contributed by atoms with Gasteiger partial charge in [0.1, 0.15) is 0 Å². The summed E-state index contributed by atoms with van der Waals surface area (Å²) in [6.07, 6.45) is 1.06. The second-order valence-electron chi connectivity index (χ2n) is 6.01. The predicted molar refractivity (Wildman–Crippen MR) is 102 cm³/mol. The molecule has 0 aliphatic carbocycles. The fraction of sp³-hybridized carbons (Fsp3) is 0.353. The molecular formula is C17H17N3O2S3. The molecule has 1 aromatic carbocycles. The lowest BCUT2D eigenvalue weighted by atomic mass is 10.2. The monoisotopic (exact) mass is 391 g/mol. The molecule has 2 saturated heterocycles. The van der Waals surface area contributed by atoms with Gasteiger partial charge >= 0.3 is 0 Å². The Morgan fingerprint density at radius 2 is 2.16 bits per heavy atom. The van der Waals surface area contributed by atoms with Crippen LogP contribution in [0.25, 0.3) is 0 Å². The van der Waals surface area contributed by atoms with Gasteiger partial charge in [-0.25, -0.2) is 4.98 Å². The summed E-state index contributed by atoms with van der Waals surface area (Å²) in [4.78, 5) is 31.3. The summed E-state index contributed by atoms with van der Waals surface area (Å²) in [5.74, 6) is 0.824. The molecule has 8 heteroatoms. The van der Waals surface area contributed by atoms with Crippen LogP contribution in [0.3, 0.4) is 0 Å². The number of aryl methyl sites for hydroxylation is 1. The minimum atomic E-state index is -0.705. The number of hydrogen-bond donors (Lipinski definition) is 1. The normalized spacial score (nSPS) is 22.3. The van der Waals surface area contributed by atoms with Gasteiger partial charge in [-0.1, -0.05) is 11.8 Å². The molecule has 0 saturated carbocycles. The van der Waals surface area contributed by atoms with Gasteiger partial charge in [0, 0.05) is 40.4 Å². The maximum absolute atomic E-state index is 12.8. The summed E-state index contributed by atoms with van der Waals surface area (Å²) in [5.41, 5.74) is 1.78. The molecule has 3 heterocycles. The lowest BCUT2D eigenvalue weighted by molar-refractivity contribution is -0.133. The van der Waals surface area contributed by atoms with Gasteiger partial charge in [0.2, 0.25) is 5.91 Å². The average Bonchev–Trinajstić information content (AvgIpc) is 3.28. The van der Waals surface area contributed by atoms with Gasteiger partial charge in [-0.3, -0.25) is 9.59 Å². The van der Waals surface area contributed by atoms with Crippen molar-refractivity contribution in [3.8, 4) is 0 Å². The van der Waals surface area contributed by atoms with Crippen LogP contribution in [-0.4, -0.2) is 38.9 Å². The minimum absolute atomic E-state index is 0.0863. The van der Waals surface area contributed by atoms with E-state index in [4.69, 9.17) is 0 Å². The van der Waals surface area contributed by atoms with E-state index in [1.807, 2.05) is 36.6 Å². The summed E-state index contributed by atoms with van der Waals surface area (Å²) in [7, 11) is 0. The zero-order chi connectivity index (χ0) is 17.4. The summed E-state index contributed by atoms with van der Waals surface area (Å²) in [6, 6.07) is 7.76. The third-order valence-corrected chi connectivity index (χ3v) is 7.88. The number of nitrogens with zero attached hydrogens (tertiary/aromatic N) is 2. The summed E-state index contributed by atoms with van der Waals surface area (Å²) < 4.78 is 1.01. The van der Waals surface area contributed by atoms with Crippen LogP contribution in [0.4, 0.5) is 5.69 Å². The number of amides is 2. The zero-order valence-electron chi connectivity index (χ0n) is 13.7. The molecule has 5 nitrogen and oxygen atoms in total. The number of rotatable bonds is 4. The molecule has 1 unspecified atom stereocenters. The molecule has 4 rings (SSSR count). The van der Waals surface area contributed by atoms with Crippen LogP contribution in [0.5, 0.6) is 0 Å². The molecule has 0 bridgehead atoms. The van der Waals surface area contributed by atoms with E-state index in [-0.39, 0.29) is 11.8 Å². The lowest BCUT2D eigenvalue weighted by Gasteiger charge is -2.29. The lowest BCUT2D eigenvalue weighted by Crippen LogP contribution is -2.48. The molecule has 130 valence electrons. The van der Waals surface area contributed by atoms with E-state index < -0.39 is 4.87 Å². The standard InChI is InChI=1S/C17H17N3O2S3/c1-11-10-23-16(18-11)25-13-4-2-12(3-5-13)19-15(22)17-7-6-14(21)20(17)8-9-24-17/h2-5,10H,6-9H2,1H3,(H,19,22). The van der Waals surface area contributed by atoms with Gasteiger partial charge < -0.3 is 10.2 Å². The molecule has 25 heavy (non-hydrogen) atoms. The minimum Gasteiger partial charge on any atom is -0.323 e. The Morgan fingerprint density at radius 1 is 1.36 bits per heavy atom. The summed E-state index contributed by atoms with van der Waals surface area (Å²) in [5, 5.41) is 5.02. The Balaban J connectivity index is 1.44. The van der Waals surface area contributed by atoms with E-state index in [2.05, 4.69) is 10.3 Å². The molecule has 2 aliphatic rings. The van der Waals surface area contributed by atoms with E-state index in [0.29, 0.717) is 19.4 Å². The second kappa shape index (κ2) is 6.66. The smallest absolute Gasteiger partial charge is 0.260 e. The number of benzene rings is 1. The first-order chi connectivity index (χ1) is 12.1. The molecule has 1 N–H and O–H groups in total. The Labute approximate surface area is 158 Å². The maximum Gasteiger partial charge on any atom is 0.260 e. The summed E-state index contributed by atoms with van der Waals surface area (Å²) in [6.45, 7) is 2.65. The number of carbonyl (C=O) groups excluding carboxylic acids is 2. The van der Waals surface area contributed by atoms with Crippen molar-refractivity contribution in [2.24, 2.45) is 0 Å². The first-order valence-corrected chi connectivity index (χ1v) is 10.7. The van der Waals surface area contributed by atoms with Crippen LogP contribution in [-0.2, 0) is 9.59 Å². The third kappa shape index (κ3) is 3.18. The van der Waals surface area contributed by atoms with Crippen molar-refractivity contribution in [3.05, 3.63) is 35.3 Å². The van der Waals surface area contributed by atoms with E-state index in [1.165, 1.54) is 0 Å². The van der Waals surface area contributed by atoms with Crippen molar-refractivity contribution < 1.29 is 9.59 Å². The molecule has 2 fully saturated rings. The Hall–Kier alpha value is -1.51. The van der Waals surface area contributed by atoms with Gasteiger partial charge in [0.05, 0.1) is 0 Å². The molecule has 1 atom stereocenters. The van der Waals surface area contributed by atoms with Gasteiger partial charge in [-0.05, 0) is 37.6 Å². The third-order valence-electron chi connectivity index (χ3n) is 4.34. The van der Waals surface area contributed by atoms with Crippen LogP contribution in [0.1, 0.15) is 18.5 Å². The highest BCUT2D eigenvalue weighted by Crippen LogP contribution is 2.45. The number of anilines is 1. The van der Waals surface area contributed by atoms with Crippen LogP contribution < -0.4 is 5.32 Å². The predicted octanol–water partition coefficient (Wildman–Crippen LogP) is 3.61. The highest BCUT2D eigenvalue weighted by atomic mass is 32.2. The quantitative estimate of drug-likeness (QED) is 0.863. The van der Waals surface area contributed by atoms with Crippen LogP contribution in [0.15, 0.2) is 38.9 Å². The van der Waals surface area contributed by atoms with Crippen molar-refractivity contribution >= 4 is 52.4 Å². The number of aromatic nitrogens is 1. The number of thioether (sulfide) groups is 1. The Kier molecular flexibility index (Phi) is 4.51. The SMILES string of the molecule is Cc1csc(Sc2ccc(NC(=O)C34CCC(=O)N3CCS4)cc2)n1. The highest BCUT2D eigenvalue weighted by molar-refractivity contribution is 8.01. The molecule has 0 spiro atoms. The largest absolute Gasteiger partial charge is 0.323 e. The summed E-state index contributed by atoms with van der Waals surface area (Å²) >= 11 is 4.82. The zero-order valence-corrected chi connectivity index (χ0v) is 16.1.